The summed E-state index contributed by atoms with van der Waals surface area (Å²) in [5.74, 6) is -5.18. The number of ether oxygens (including phenoxy) is 2. The Bertz CT molecular complexity index is 629. The maximum absolute atomic E-state index is 10.6. The van der Waals surface area contributed by atoms with Crippen LogP contribution >= 0.6 is 0 Å². The summed E-state index contributed by atoms with van der Waals surface area (Å²) in [4.78, 5) is 0. The Kier molecular flexibility index (Phi) is 2.58. The van der Waals surface area contributed by atoms with Gasteiger partial charge in [0, 0.05) is 10.7 Å². The molecule has 4 nitrogen and oxygen atoms in total. The average molecular weight is 267 g/mol. The fourth-order valence-corrected chi connectivity index (χ4v) is 1.71. The Balaban J connectivity index is 2.23. The number of hydrogen-bond acceptors (Lipinski definition) is 4. The normalized spacial score (nSPS) is 34.9. The number of benzene rings is 1. The summed E-state index contributed by atoms with van der Waals surface area (Å²) in [6.45, 7) is -6.49. The monoisotopic (exact) mass is 267 g/mol. The highest BCUT2D eigenvalue weighted by atomic mass is 16.7. The average Bonchev–Trinajstić information content (AvgIpc) is 2.48. The van der Waals surface area contributed by atoms with E-state index in [9.17, 15) is 10.2 Å². The fourth-order valence-electron chi connectivity index (χ4n) is 1.71. The van der Waals surface area contributed by atoms with E-state index in [0.717, 1.165) is 12.2 Å². The molecule has 2 rings (SSSR count). The minimum atomic E-state index is -3.21. The molecule has 0 saturated carbocycles. The van der Waals surface area contributed by atoms with E-state index in [4.69, 9.17) is 16.3 Å². The second-order valence-corrected chi connectivity index (χ2v) is 4.09. The molecule has 0 radical (unpaired) electrons. The SMILES string of the molecule is [2H]C([2H])([2H])C([2H])([2H])OC1(O)C=CC=CC1(O)OCc1ccccc1. The molecule has 1 aliphatic carbocycles. The van der Waals surface area contributed by atoms with Gasteiger partial charge >= 0.3 is 0 Å². The summed E-state index contributed by atoms with van der Waals surface area (Å²) in [6, 6.07) is 8.77. The predicted molar refractivity (Wildman–Crippen MR) is 71.0 cm³/mol. The zero-order valence-corrected chi connectivity index (χ0v) is 10.1. The van der Waals surface area contributed by atoms with Gasteiger partial charge in [-0.2, -0.15) is 0 Å². The minimum absolute atomic E-state index is 0.113. The number of aliphatic hydroxyl groups is 2. The van der Waals surface area contributed by atoms with Gasteiger partial charge in [-0.3, -0.25) is 0 Å². The largest absolute Gasteiger partial charge is 0.358 e. The van der Waals surface area contributed by atoms with Crippen LogP contribution in [0.2, 0.25) is 0 Å². The minimum Gasteiger partial charge on any atom is -0.358 e. The van der Waals surface area contributed by atoms with Crippen molar-refractivity contribution in [2.45, 2.75) is 25.0 Å². The molecule has 4 heteroatoms. The zero-order chi connectivity index (χ0) is 18.1. The summed E-state index contributed by atoms with van der Waals surface area (Å²) in [5, 5.41) is 21.1. The van der Waals surface area contributed by atoms with Gasteiger partial charge in [-0.05, 0) is 24.6 Å². The summed E-state index contributed by atoms with van der Waals surface area (Å²) < 4.78 is 46.6. The van der Waals surface area contributed by atoms with Crippen molar-refractivity contribution in [3.63, 3.8) is 0 Å². The molecular formula is C15H18O4. The first-order valence-corrected chi connectivity index (χ1v) is 5.69. The molecule has 0 aliphatic heterocycles. The summed E-state index contributed by atoms with van der Waals surface area (Å²) in [5.41, 5.74) is 0.690. The van der Waals surface area contributed by atoms with Crippen LogP contribution in [0.25, 0.3) is 0 Å². The van der Waals surface area contributed by atoms with Crippen LogP contribution in [0.5, 0.6) is 0 Å². The van der Waals surface area contributed by atoms with Crippen LogP contribution in [0.15, 0.2) is 54.6 Å². The van der Waals surface area contributed by atoms with Gasteiger partial charge in [0.2, 0.25) is 11.6 Å². The molecule has 2 N–H and O–H groups in total. The maximum Gasteiger partial charge on any atom is 0.246 e. The molecule has 2 unspecified atom stereocenters. The Morgan fingerprint density at radius 2 is 1.74 bits per heavy atom. The first-order valence-electron chi connectivity index (χ1n) is 8.19. The van der Waals surface area contributed by atoms with E-state index in [1.807, 2.05) is 0 Å². The van der Waals surface area contributed by atoms with Gasteiger partial charge in [-0.15, -0.1) is 0 Å². The molecule has 102 valence electrons. The molecule has 0 heterocycles. The van der Waals surface area contributed by atoms with Crippen molar-refractivity contribution < 1.29 is 26.5 Å². The van der Waals surface area contributed by atoms with Crippen LogP contribution in [-0.2, 0) is 16.1 Å². The summed E-state index contributed by atoms with van der Waals surface area (Å²) in [7, 11) is 0. The lowest BCUT2D eigenvalue weighted by atomic mass is 10.00. The third kappa shape index (κ3) is 2.93. The quantitative estimate of drug-likeness (QED) is 0.798. The van der Waals surface area contributed by atoms with E-state index < -0.39 is 25.0 Å². The summed E-state index contributed by atoms with van der Waals surface area (Å²) in [6.07, 6.45) is 4.65. The first kappa shape index (κ1) is 8.66. The van der Waals surface area contributed by atoms with E-state index in [-0.39, 0.29) is 6.61 Å². The predicted octanol–water partition coefficient (Wildman–Crippen LogP) is 1.74. The highest BCUT2D eigenvalue weighted by molar-refractivity contribution is 5.24. The molecule has 0 fully saturated rings. The van der Waals surface area contributed by atoms with Gasteiger partial charge in [-0.25, -0.2) is 0 Å². The van der Waals surface area contributed by atoms with Crippen molar-refractivity contribution in [1.29, 1.82) is 0 Å². The van der Waals surface area contributed by atoms with E-state index >= 15 is 0 Å². The molecule has 0 amide bonds. The van der Waals surface area contributed by atoms with Crippen molar-refractivity contribution >= 4 is 0 Å². The maximum atomic E-state index is 10.6. The molecule has 0 spiro atoms. The fraction of sp³-hybridized carbons (Fsp3) is 0.333. The van der Waals surface area contributed by atoms with Crippen LogP contribution in [-0.4, -0.2) is 28.3 Å². The molecule has 19 heavy (non-hydrogen) atoms. The van der Waals surface area contributed by atoms with Gasteiger partial charge in [-0.1, -0.05) is 42.5 Å². The lowest BCUT2D eigenvalue weighted by Gasteiger charge is -2.39. The molecule has 0 bridgehead atoms. The van der Waals surface area contributed by atoms with Gasteiger partial charge in [0.05, 0.1) is 9.35 Å². The van der Waals surface area contributed by atoms with Gasteiger partial charge in [0.1, 0.15) is 0 Å². The van der Waals surface area contributed by atoms with Gasteiger partial charge in [0.15, 0.2) is 0 Å². The third-order valence-corrected chi connectivity index (χ3v) is 2.78. The third-order valence-electron chi connectivity index (χ3n) is 2.78. The Hall–Kier alpha value is -1.46. The molecule has 2 atom stereocenters. The van der Waals surface area contributed by atoms with Gasteiger partial charge in [0.25, 0.3) is 0 Å². The topological polar surface area (TPSA) is 58.9 Å². The van der Waals surface area contributed by atoms with Gasteiger partial charge < -0.3 is 19.7 Å². The number of hydrogen-bond donors (Lipinski definition) is 2. The van der Waals surface area contributed by atoms with Crippen molar-refractivity contribution in [3.8, 4) is 0 Å². The summed E-state index contributed by atoms with van der Waals surface area (Å²) >= 11 is 0. The van der Waals surface area contributed by atoms with Crippen molar-refractivity contribution in [1.82, 2.24) is 0 Å². The van der Waals surface area contributed by atoms with E-state index in [2.05, 4.69) is 0 Å². The highest BCUT2D eigenvalue weighted by Crippen LogP contribution is 2.32. The lowest BCUT2D eigenvalue weighted by Crippen LogP contribution is -2.56. The van der Waals surface area contributed by atoms with E-state index in [1.165, 1.54) is 12.2 Å². The van der Waals surface area contributed by atoms with Crippen LogP contribution in [0, 0.1) is 0 Å². The van der Waals surface area contributed by atoms with Crippen LogP contribution < -0.4 is 0 Å². The lowest BCUT2D eigenvalue weighted by molar-refractivity contribution is -0.345. The smallest absolute Gasteiger partial charge is 0.246 e. The number of rotatable bonds is 5. The van der Waals surface area contributed by atoms with Crippen molar-refractivity contribution in [2.75, 3.05) is 6.56 Å². The first-order chi connectivity index (χ1) is 11.0. The second-order valence-electron chi connectivity index (χ2n) is 4.09. The molecule has 0 saturated heterocycles. The van der Waals surface area contributed by atoms with E-state index in [0.29, 0.717) is 5.56 Å². The van der Waals surface area contributed by atoms with Crippen molar-refractivity contribution in [3.05, 3.63) is 60.2 Å². The standard InChI is InChI=1S/C15H18O4/c1-2-18-14(16)10-6-7-11-15(14,17)19-12-13-8-4-3-5-9-13/h3-11,16-17H,2,12H2,1H3/i1D3,2D2. The zero-order valence-electron chi connectivity index (χ0n) is 15.1. The Morgan fingerprint density at radius 3 is 2.37 bits per heavy atom. The second kappa shape index (κ2) is 5.67. The van der Waals surface area contributed by atoms with E-state index in [1.54, 1.807) is 30.3 Å². The molecule has 1 aromatic rings. The molecular weight excluding hydrogens is 244 g/mol. The van der Waals surface area contributed by atoms with Crippen LogP contribution in [0.4, 0.5) is 0 Å². The molecule has 1 aromatic carbocycles. The molecule has 0 aromatic heterocycles. The van der Waals surface area contributed by atoms with Crippen molar-refractivity contribution in [2.24, 2.45) is 0 Å². The Labute approximate surface area is 119 Å². The Morgan fingerprint density at radius 1 is 1.11 bits per heavy atom. The van der Waals surface area contributed by atoms with Crippen LogP contribution in [0.3, 0.4) is 0 Å². The van der Waals surface area contributed by atoms with Crippen LogP contribution in [0.1, 0.15) is 19.3 Å². The molecule has 1 aliphatic rings. The number of allylic oxidation sites excluding steroid dienone is 2. The highest BCUT2D eigenvalue weighted by Gasteiger charge is 2.49.